The summed E-state index contributed by atoms with van der Waals surface area (Å²) < 4.78 is 34.5. The normalized spacial score (nSPS) is 18.9. The minimum absolute atomic E-state index is 0.00503. The van der Waals surface area contributed by atoms with Crippen LogP contribution in [-0.2, 0) is 23.3 Å². The molecule has 0 bridgehead atoms. The number of halogens is 2. The standard InChI is InChI=1S/C20H18F2N2O2S/c21-17-7-13(10-23)8-18(22)16(17)11-24-4-2-20(3-5-24)19-14(1-6-26-20)9-15(12-25)27-19/h7-9,12H,1-6,11H2. The average molecular weight is 388 g/mol. The monoisotopic (exact) mass is 388 g/mol. The van der Waals surface area contributed by atoms with E-state index in [0.717, 1.165) is 42.6 Å². The highest BCUT2D eigenvalue weighted by atomic mass is 32.1. The first-order chi connectivity index (χ1) is 13.0. The van der Waals surface area contributed by atoms with Gasteiger partial charge in [-0.1, -0.05) is 0 Å². The smallest absolute Gasteiger partial charge is 0.160 e. The molecule has 0 saturated carbocycles. The summed E-state index contributed by atoms with van der Waals surface area (Å²) in [7, 11) is 0. The van der Waals surface area contributed by atoms with Gasteiger partial charge in [-0.05, 0) is 43.0 Å². The van der Waals surface area contributed by atoms with Crippen LogP contribution in [0.15, 0.2) is 18.2 Å². The summed E-state index contributed by atoms with van der Waals surface area (Å²) in [6.07, 6.45) is 3.13. The van der Waals surface area contributed by atoms with Gasteiger partial charge in [0.25, 0.3) is 0 Å². The molecule has 0 aliphatic carbocycles. The quantitative estimate of drug-likeness (QED) is 0.751. The van der Waals surface area contributed by atoms with Gasteiger partial charge in [0.05, 0.1) is 23.1 Å². The Bertz CT molecular complexity index is 904. The fourth-order valence-corrected chi connectivity index (χ4v) is 5.21. The van der Waals surface area contributed by atoms with Gasteiger partial charge in [0, 0.05) is 30.1 Å². The molecule has 0 radical (unpaired) electrons. The van der Waals surface area contributed by atoms with Gasteiger partial charge in [-0.3, -0.25) is 9.69 Å². The Kier molecular flexibility index (Phi) is 4.81. The van der Waals surface area contributed by atoms with Crippen molar-refractivity contribution in [2.75, 3.05) is 19.7 Å². The van der Waals surface area contributed by atoms with Crippen LogP contribution >= 0.6 is 11.3 Å². The number of benzene rings is 1. The molecule has 2 aliphatic rings. The lowest BCUT2D eigenvalue weighted by atomic mass is 9.85. The summed E-state index contributed by atoms with van der Waals surface area (Å²) in [5, 5.41) is 8.81. The molecule has 2 aromatic rings. The Balaban J connectivity index is 1.50. The lowest BCUT2D eigenvalue weighted by Gasteiger charge is -2.43. The van der Waals surface area contributed by atoms with E-state index in [0.29, 0.717) is 24.6 Å². The third kappa shape index (κ3) is 3.29. The predicted molar refractivity (Wildman–Crippen MR) is 96.6 cm³/mol. The summed E-state index contributed by atoms with van der Waals surface area (Å²) in [5.41, 5.74) is 0.774. The van der Waals surface area contributed by atoms with Crippen LogP contribution in [0.2, 0.25) is 0 Å². The fraction of sp³-hybridized carbons (Fsp3) is 0.400. The highest BCUT2D eigenvalue weighted by Crippen LogP contribution is 2.45. The van der Waals surface area contributed by atoms with Gasteiger partial charge in [-0.15, -0.1) is 11.3 Å². The Hall–Kier alpha value is -2.14. The lowest BCUT2D eigenvalue weighted by molar-refractivity contribution is -0.0962. The third-order valence-electron chi connectivity index (χ3n) is 5.42. The lowest BCUT2D eigenvalue weighted by Crippen LogP contribution is -2.45. The molecule has 1 saturated heterocycles. The van der Waals surface area contributed by atoms with Crippen molar-refractivity contribution in [3.8, 4) is 6.07 Å². The predicted octanol–water partition coefficient (Wildman–Crippen LogP) is 3.77. The van der Waals surface area contributed by atoms with Gasteiger partial charge >= 0.3 is 0 Å². The van der Waals surface area contributed by atoms with Gasteiger partial charge in [0.15, 0.2) is 6.29 Å². The van der Waals surface area contributed by atoms with Crippen molar-refractivity contribution in [1.82, 2.24) is 4.90 Å². The molecule has 1 spiro atoms. The van der Waals surface area contributed by atoms with E-state index in [1.165, 1.54) is 16.9 Å². The van der Waals surface area contributed by atoms with Crippen molar-refractivity contribution in [3.63, 3.8) is 0 Å². The molecule has 4 nitrogen and oxygen atoms in total. The Morgan fingerprint density at radius 1 is 1.26 bits per heavy atom. The topological polar surface area (TPSA) is 53.3 Å². The number of nitriles is 1. The van der Waals surface area contributed by atoms with Crippen molar-refractivity contribution in [2.24, 2.45) is 0 Å². The van der Waals surface area contributed by atoms with E-state index in [9.17, 15) is 13.6 Å². The zero-order valence-corrected chi connectivity index (χ0v) is 15.5. The second kappa shape index (κ2) is 7.12. The molecule has 0 unspecified atom stereocenters. The number of nitrogens with zero attached hydrogens (tertiary/aromatic N) is 2. The highest BCUT2D eigenvalue weighted by Gasteiger charge is 2.42. The summed E-state index contributed by atoms with van der Waals surface area (Å²) in [5.74, 6) is -1.37. The SMILES string of the molecule is N#Cc1cc(F)c(CN2CCC3(CC2)OCCc2cc(C=O)sc23)c(F)c1. The zero-order valence-electron chi connectivity index (χ0n) is 14.6. The maximum atomic E-state index is 14.2. The number of carbonyl (C=O) groups is 1. The number of aldehydes is 1. The molecular weight excluding hydrogens is 370 g/mol. The maximum absolute atomic E-state index is 14.2. The summed E-state index contributed by atoms with van der Waals surface area (Å²) in [6, 6.07) is 5.86. The molecule has 2 aliphatic heterocycles. The number of fused-ring (bicyclic) bond motifs is 2. The Labute approximate surface area is 160 Å². The van der Waals surface area contributed by atoms with Gasteiger partial charge in [0.2, 0.25) is 0 Å². The van der Waals surface area contributed by atoms with Gasteiger partial charge < -0.3 is 4.74 Å². The molecule has 1 aromatic heterocycles. The average Bonchev–Trinajstić information content (AvgIpc) is 3.11. The fourth-order valence-electron chi connectivity index (χ4n) is 3.99. The molecule has 4 rings (SSSR count). The molecule has 140 valence electrons. The third-order valence-corrected chi connectivity index (χ3v) is 6.71. The molecule has 0 N–H and O–H groups in total. The molecular formula is C20H18F2N2O2S. The maximum Gasteiger partial charge on any atom is 0.160 e. The van der Waals surface area contributed by atoms with E-state index in [1.807, 2.05) is 11.0 Å². The van der Waals surface area contributed by atoms with Gasteiger partial charge in [0.1, 0.15) is 17.2 Å². The minimum Gasteiger partial charge on any atom is -0.369 e. The van der Waals surface area contributed by atoms with Gasteiger partial charge in [-0.2, -0.15) is 5.26 Å². The molecule has 0 amide bonds. The van der Waals surface area contributed by atoms with E-state index in [-0.39, 0.29) is 17.7 Å². The largest absolute Gasteiger partial charge is 0.369 e. The number of ether oxygens (including phenoxy) is 1. The summed E-state index contributed by atoms with van der Waals surface area (Å²) in [6.45, 7) is 2.08. The van der Waals surface area contributed by atoms with E-state index < -0.39 is 17.2 Å². The molecule has 27 heavy (non-hydrogen) atoms. The van der Waals surface area contributed by atoms with Crippen LogP contribution in [0.5, 0.6) is 0 Å². The Morgan fingerprint density at radius 3 is 2.59 bits per heavy atom. The van der Waals surface area contributed by atoms with Crippen LogP contribution in [-0.4, -0.2) is 30.9 Å². The molecule has 7 heteroatoms. The van der Waals surface area contributed by atoms with Crippen LogP contribution < -0.4 is 0 Å². The van der Waals surface area contributed by atoms with Gasteiger partial charge in [-0.25, -0.2) is 8.78 Å². The van der Waals surface area contributed by atoms with Crippen molar-refractivity contribution < 1.29 is 18.3 Å². The highest BCUT2D eigenvalue weighted by molar-refractivity contribution is 7.14. The van der Waals surface area contributed by atoms with Crippen molar-refractivity contribution in [2.45, 2.75) is 31.4 Å². The number of hydrogen-bond acceptors (Lipinski definition) is 5. The molecule has 3 heterocycles. The van der Waals surface area contributed by atoms with Crippen molar-refractivity contribution in [3.05, 3.63) is 56.3 Å². The van der Waals surface area contributed by atoms with Crippen LogP contribution in [0, 0.1) is 23.0 Å². The van der Waals surface area contributed by atoms with Crippen LogP contribution in [0.3, 0.4) is 0 Å². The summed E-state index contributed by atoms with van der Waals surface area (Å²) >= 11 is 1.49. The first-order valence-electron chi connectivity index (χ1n) is 8.87. The second-order valence-electron chi connectivity index (χ2n) is 7.02. The van der Waals surface area contributed by atoms with E-state index in [2.05, 4.69) is 0 Å². The minimum atomic E-state index is -0.683. The number of rotatable bonds is 3. The zero-order chi connectivity index (χ0) is 19.0. The number of piperidine rings is 1. The van der Waals surface area contributed by atoms with E-state index in [1.54, 1.807) is 6.07 Å². The number of carbonyl (C=O) groups excluding carboxylic acids is 1. The second-order valence-corrected chi connectivity index (χ2v) is 8.10. The number of likely N-dealkylation sites (tertiary alicyclic amines) is 1. The number of hydrogen-bond donors (Lipinski definition) is 0. The van der Waals surface area contributed by atoms with Crippen molar-refractivity contribution in [1.29, 1.82) is 5.26 Å². The first-order valence-corrected chi connectivity index (χ1v) is 9.69. The van der Waals surface area contributed by atoms with Crippen LogP contribution in [0.25, 0.3) is 0 Å². The van der Waals surface area contributed by atoms with Crippen molar-refractivity contribution >= 4 is 17.6 Å². The molecule has 0 atom stereocenters. The van der Waals surface area contributed by atoms with E-state index >= 15 is 0 Å². The first kappa shape index (κ1) is 18.2. The van der Waals surface area contributed by atoms with E-state index in [4.69, 9.17) is 10.00 Å². The van der Waals surface area contributed by atoms with Crippen LogP contribution in [0.1, 0.15) is 44.1 Å². The van der Waals surface area contributed by atoms with Crippen LogP contribution in [0.4, 0.5) is 8.78 Å². The molecule has 1 fully saturated rings. The number of thiophene rings is 1. The molecule has 1 aromatic carbocycles. The Morgan fingerprint density at radius 2 is 1.96 bits per heavy atom. The summed E-state index contributed by atoms with van der Waals surface area (Å²) in [4.78, 5) is 15.0.